The second-order valence-electron chi connectivity index (χ2n) is 6.31. The van der Waals surface area contributed by atoms with Crippen LogP contribution in [0.4, 0.5) is 0 Å². The lowest BCUT2D eigenvalue weighted by Gasteiger charge is -2.19. The van der Waals surface area contributed by atoms with E-state index in [9.17, 15) is 0 Å². The predicted octanol–water partition coefficient (Wildman–Crippen LogP) is 3.83. The molecule has 3 heteroatoms. The summed E-state index contributed by atoms with van der Waals surface area (Å²) in [7, 11) is 1.73. The summed E-state index contributed by atoms with van der Waals surface area (Å²) in [5, 5.41) is 0. The third-order valence-electron chi connectivity index (χ3n) is 4.97. The molecule has 0 amide bonds. The molecule has 0 bridgehead atoms. The zero-order chi connectivity index (χ0) is 14.7. The van der Waals surface area contributed by atoms with Gasteiger partial charge in [0.2, 0.25) is 0 Å². The van der Waals surface area contributed by atoms with Gasteiger partial charge in [-0.1, -0.05) is 13.0 Å². The first kappa shape index (κ1) is 14.7. The standard InChI is InChI=1S/C18H27NO2/c1-3-19-11-10-15(13-19)14-8-9-17(20-2)18(12-14)21-16-6-4-5-7-16/h8-9,12,15-16H,3-7,10-11,13H2,1-2H3/t15-/m1/s1. The average Bonchev–Trinajstić information content (AvgIpc) is 3.18. The number of rotatable bonds is 5. The van der Waals surface area contributed by atoms with Gasteiger partial charge < -0.3 is 14.4 Å². The number of nitrogens with zero attached hydrogens (tertiary/aromatic N) is 1. The van der Waals surface area contributed by atoms with Gasteiger partial charge in [0.25, 0.3) is 0 Å². The van der Waals surface area contributed by atoms with E-state index in [1.165, 1.54) is 50.8 Å². The van der Waals surface area contributed by atoms with Gasteiger partial charge in [-0.05, 0) is 68.8 Å². The quantitative estimate of drug-likeness (QED) is 0.822. The molecule has 21 heavy (non-hydrogen) atoms. The molecule has 0 radical (unpaired) electrons. The molecule has 2 fully saturated rings. The zero-order valence-corrected chi connectivity index (χ0v) is 13.3. The average molecular weight is 289 g/mol. The van der Waals surface area contributed by atoms with E-state index in [0.717, 1.165) is 18.0 Å². The van der Waals surface area contributed by atoms with E-state index < -0.39 is 0 Å². The van der Waals surface area contributed by atoms with Crippen LogP contribution in [-0.4, -0.2) is 37.7 Å². The molecule has 1 atom stereocenters. The van der Waals surface area contributed by atoms with Gasteiger partial charge >= 0.3 is 0 Å². The van der Waals surface area contributed by atoms with Crippen LogP contribution in [0, 0.1) is 0 Å². The van der Waals surface area contributed by atoms with E-state index in [-0.39, 0.29) is 0 Å². The maximum absolute atomic E-state index is 6.21. The minimum absolute atomic E-state index is 0.380. The van der Waals surface area contributed by atoms with Gasteiger partial charge in [0, 0.05) is 6.54 Å². The van der Waals surface area contributed by atoms with Crippen LogP contribution in [0.3, 0.4) is 0 Å². The molecule has 1 aliphatic carbocycles. The summed E-state index contributed by atoms with van der Waals surface area (Å²) < 4.78 is 11.7. The summed E-state index contributed by atoms with van der Waals surface area (Å²) in [5.74, 6) is 2.45. The molecule has 3 nitrogen and oxygen atoms in total. The Morgan fingerprint density at radius 1 is 1.14 bits per heavy atom. The van der Waals surface area contributed by atoms with Gasteiger partial charge in [0.05, 0.1) is 13.2 Å². The van der Waals surface area contributed by atoms with Crippen LogP contribution in [0.15, 0.2) is 18.2 Å². The van der Waals surface area contributed by atoms with Gasteiger partial charge in [0.1, 0.15) is 0 Å². The Balaban J connectivity index is 1.76. The number of methoxy groups -OCH3 is 1. The molecule has 0 spiro atoms. The third-order valence-corrected chi connectivity index (χ3v) is 4.97. The van der Waals surface area contributed by atoms with Crippen molar-refractivity contribution in [2.75, 3.05) is 26.7 Å². The van der Waals surface area contributed by atoms with Crippen molar-refractivity contribution in [3.63, 3.8) is 0 Å². The summed E-state index contributed by atoms with van der Waals surface area (Å²) in [4.78, 5) is 2.52. The Morgan fingerprint density at radius 2 is 1.95 bits per heavy atom. The Hall–Kier alpha value is -1.22. The van der Waals surface area contributed by atoms with E-state index >= 15 is 0 Å². The molecule has 1 saturated heterocycles. The van der Waals surface area contributed by atoms with Gasteiger partial charge in [0.15, 0.2) is 11.5 Å². The van der Waals surface area contributed by atoms with Crippen molar-refractivity contribution in [3.05, 3.63) is 23.8 Å². The third kappa shape index (κ3) is 3.34. The second-order valence-corrected chi connectivity index (χ2v) is 6.31. The van der Waals surface area contributed by atoms with Crippen molar-refractivity contribution in [3.8, 4) is 11.5 Å². The van der Waals surface area contributed by atoms with Crippen LogP contribution >= 0.6 is 0 Å². The van der Waals surface area contributed by atoms with Crippen molar-refractivity contribution in [1.29, 1.82) is 0 Å². The molecule has 2 aliphatic rings. The minimum Gasteiger partial charge on any atom is -0.493 e. The molecule has 0 unspecified atom stereocenters. The normalized spacial score (nSPS) is 23.6. The van der Waals surface area contributed by atoms with Gasteiger partial charge in [-0.2, -0.15) is 0 Å². The summed E-state index contributed by atoms with van der Waals surface area (Å²) in [6, 6.07) is 6.51. The topological polar surface area (TPSA) is 21.7 Å². The molecular weight excluding hydrogens is 262 g/mol. The largest absolute Gasteiger partial charge is 0.493 e. The number of ether oxygens (including phenoxy) is 2. The van der Waals surface area contributed by atoms with Crippen molar-refractivity contribution in [2.45, 2.75) is 51.0 Å². The van der Waals surface area contributed by atoms with Crippen LogP contribution in [0.1, 0.15) is 50.5 Å². The van der Waals surface area contributed by atoms with E-state index in [2.05, 4.69) is 30.0 Å². The van der Waals surface area contributed by atoms with Crippen LogP contribution in [0.2, 0.25) is 0 Å². The van der Waals surface area contributed by atoms with Crippen molar-refractivity contribution in [2.24, 2.45) is 0 Å². The van der Waals surface area contributed by atoms with Crippen molar-refractivity contribution in [1.82, 2.24) is 4.90 Å². The van der Waals surface area contributed by atoms with Gasteiger partial charge in [-0.15, -0.1) is 0 Å². The Morgan fingerprint density at radius 3 is 2.62 bits per heavy atom. The number of benzene rings is 1. The van der Waals surface area contributed by atoms with Gasteiger partial charge in [-0.3, -0.25) is 0 Å². The number of likely N-dealkylation sites (N-methyl/N-ethyl adjacent to an activating group) is 1. The maximum Gasteiger partial charge on any atom is 0.161 e. The molecule has 1 aromatic rings. The monoisotopic (exact) mass is 289 g/mol. The summed E-state index contributed by atoms with van der Waals surface area (Å²) in [6.45, 7) is 5.78. The SMILES string of the molecule is CCN1CC[C@@H](c2ccc(OC)c(OC3CCCC3)c2)C1. The molecule has 1 aliphatic heterocycles. The molecule has 3 rings (SSSR count). The van der Waals surface area contributed by atoms with E-state index in [1.54, 1.807) is 7.11 Å². The lowest BCUT2D eigenvalue weighted by atomic mass is 9.98. The molecule has 0 aromatic heterocycles. The fourth-order valence-corrected chi connectivity index (χ4v) is 3.62. The van der Waals surface area contributed by atoms with Gasteiger partial charge in [-0.25, -0.2) is 0 Å². The Kier molecular flexibility index (Phi) is 4.69. The summed E-state index contributed by atoms with van der Waals surface area (Å²) in [6.07, 6.45) is 6.58. The summed E-state index contributed by atoms with van der Waals surface area (Å²) >= 11 is 0. The van der Waals surface area contributed by atoms with E-state index in [1.807, 2.05) is 0 Å². The fraction of sp³-hybridized carbons (Fsp3) is 0.667. The van der Waals surface area contributed by atoms with Crippen LogP contribution in [-0.2, 0) is 0 Å². The predicted molar refractivity (Wildman–Crippen MR) is 85.4 cm³/mol. The molecule has 1 aromatic carbocycles. The highest BCUT2D eigenvalue weighted by Gasteiger charge is 2.24. The number of hydrogen-bond donors (Lipinski definition) is 0. The molecule has 1 saturated carbocycles. The number of likely N-dealkylation sites (tertiary alicyclic amines) is 1. The zero-order valence-electron chi connectivity index (χ0n) is 13.3. The molecule has 0 N–H and O–H groups in total. The smallest absolute Gasteiger partial charge is 0.161 e. The first-order valence-electron chi connectivity index (χ1n) is 8.37. The maximum atomic E-state index is 6.21. The van der Waals surface area contributed by atoms with Crippen LogP contribution < -0.4 is 9.47 Å². The van der Waals surface area contributed by atoms with Crippen LogP contribution in [0.5, 0.6) is 11.5 Å². The lowest BCUT2D eigenvalue weighted by Crippen LogP contribution is -2.19. The van der Waals surface area contributed by atoms with Crippen molar-refractivity contribution >= 4 is 0 Å². The molecular formula is C18H27NO2. The van der Waals surface area contributed by atoms with Crippen LogP contribution in [0.25, 0.3) is 0 Å². The summed E-state index contributed by atoms with van der Waals surface area (Å²) in [5.41, 5.74) is 1.40. The first-order valence-corrected chi connectivity index (χ1v) is 8.37. The number of hydrogen-bond acceptors (Lipinski definition) is 3. The van der Waals surface area contributed by atoms with E-state index in [0.29, 0.717) is 12.0 Å². The first-order chi connectivity index (χ1) is 10.3. The molecule has 116 valence electrons. The minimum atomic E-state index is 0.380. The second kappa shape index (κ2) is 6.69. The highest BCUT2D eigenvalue weighted by molar-refractivity contribution is 5.44. The van der Waals surface area contributed by atoms with E-state index in [4.69, 9.17) is 9.47 Å². The highest BCUT2D eigenvalue weighted by Crippen LogP contribution is 2.36. The highest BCUT2D eigenvalue weighted by atomic mass is 16.5. The lowest BCUT2D eigenvalue weighted by molar-refractivity contribution is 0.200. The fourth-order valence-electron chi connectivity index (χ4n) is 3.62. The molecule has 1 heterocycles. The Labute approximate surface area is 128 Å². The Bertz CT molecular complexity index is 468. The van der Waals surface area contributed by atoms with Crippen molar-refractivity contribution < 1.29 is 9.47 Å².